The van der Waals surface area contributed by atoms with Crippen LogP contribution in [0.4, 0.5) is 0 Å². The van der Waals surface area contributed by atoms with Gasteiger partial charge in [0.1, 0.15) is 0 Å². The monoisotopic (exact) mass is 499 g/mol. The molecule has 2 aromatic carbocycles. The van der Waals surface area contributed by atoms with E-state index >= 15 is 0 Å². The zero-order chi connectivity index (χ0) is 23.5. The number of halogens is 2. The average Bonchev–Trinajstić information content (AvgIpc) is 2.75. The number of carbonyl (C=O) groups is 2. The van der Waals surface area contributed by atoms with E-state index in [0.717, 1.165) is 4.31 Å². The van der Waals surface area contributed by atoms with E-state index < -0.39 is 28.1 Å². The molecule has 0 spiro atoms. The maximum atomic E-state index is 12.9. The van der Waals surface area contributed by atoms with Crippen LogP contribution in [-0.2, 0) is 26.3 Å². The smallest absolute Gasteiger partial charge is 0.337 e. The molecule has 1 heterocycles. The standard InChI is InChI=1S/C20H19Cl2N3O6S/c1-2-31-20(27)16-11-25(10-12-3-5-13(6-4-12)19(26)23-28)32(29,30)24-18(16)15-8-7-14(21)9-17(15)22/h3-9,11,18,24,28H,2,10H2,1H3,(H,23,26). The second-order valence-corrected chi connectivity index (χ2v) is 9.21. The molecular formula is C20H19Cl2N3O6S. The lowest BCUT2D eigenvalue weighted by Crippen LogP contribution is -2.45. The maximum Gasteiger partial charge on any atom is 0.337 e. The van der Waals surface area contributed by atoms with Gasteiger partial charge in [-0.2, -0.15) is 13.1 Å². The Kier molecular flexibility index (Phi) is 7.42. The zero-order valence-corrected chi connectivity index (χ0v) is 19.0. The van der Waals surface area contributed by atoms with Crippen molar-refractivity contribution in [1.29, 1.82) is 0 Å². The number of nitrogens with one attached hydrogen (secondary N) is 2. The molecule has 0 radical (unpaired) electrons. The van der Waals surface area contributed by atoms with Gasteiger partial charge in [-0.3, -0.25) is 14.3 Å². The molecule has 0 aromatic heterocycles. The molecule has 9 nitrogen and oxygen atoms in total. The third-order valence-electron chi connectivity index (χ3n) is 4.61. The molecule has 1 aliphatic rings. The Balaban J connectivity index is 1.99. The third-order valence-corrected chi connectivity index (χ3v) is 6.56. The van der Waals surface area contributed by atoms with Crippen molar-refractivity contribution in [2.45, 2.75) is 19.5 Å². The van der Waals surface area contributed by atoms with Gasteiger partial charge in [0, 0.05) is 21.8 Å². The van der Waals surface area contributed by atoms with Gasteiger partial charge in [0.15, 0.2) is 0 Å². The van der Waals surface area contributed by atoms with E-state index in [1.165, 1.54) is 54.1 Å². The summed E-state index contributed by atoms with van der Waals surface area (Å²) in [7, 11) is -4.07. The molecule has 0 aliphatic carbocycles. The van der Waals surface area contributed by atoms with Crippen molar-refractivity contribution in [3.63, 3.8) is 0 Å². The van der Waals surface area contributed by atoms with Gasteiger partial charge in [0.05, 0.1) is 24.8 Å². The summed E-state index contributed by atoms with van der Waals surface area (Å²) in [5.41, 5.74) is 2.63. The normalized spacial score (nSPS) is 17.4. The number of rotatable bonds is 6. The molecule has 170 valence electrons. The number of hydroxylamine groups is 1. The maximum absolute atomic E-state index is 12.9. The number of hydrogen-bond donors (Lipinski definition) is 3. The minimum Gasteiger partial charge on any atom is -0.463 e. The van der Waals surface area contributed by atoms with Crippen LogP contribution in [-0.4, -0.2) is 36.4 Å². The highest BCUT2D eigenvalue weighted by Gasteiger charge is 2.37. The first-order valence-corrected chi connectivity index (χ1v) is 11.5. The van der Waals surface area contributed by atoms with Crippen molar-refractivity contribution in [2.24, 2.45) is 0 Å². The molecule has 2 aromatic rings. The first-order valence-electron chi connectivity index (χ1n) is 9.32. The lowest BCUT2D eigenvalue weighted by molar-refractivity contribution is -0.139. The Hall–Kier alpha value is -2.63. The summed E-state index contributed by atoms with van der Waals surface area (Å²) in [6, 6.07) is 9.36. The Morgan fingerprint density at radius 3 is 2.47 bits per heavy atom. The van der Waals surface area contributed by atoms with Gasteiger partial charge in [-0.15, -0.1) is 0 Å². The van der Waals surface area contributed by atoms with Crippen LogP contribution >= 0.6 is 23.2 Å². The Bertz CT molecular complexity index is 1170. The van der Waals surface area contributed by atoms with Crippen LogP contribution in [0.25, 0.3) is 0 Å². The van der Waals surface area contributed by atoms with E-state index in [1.807, 2.05) is 0 Å². The van der Waals surface area contributed by atoms with Crippen LogP contribution in [0, 0.1) is 0 Å². The highest BCUT2D eigenvalue weighted by Crippen LogP contribution is 2.35. The molecule has 1 unspecified atom stereocenters. The Labute approximate surface area is 194 Å². The second kappa shape index (κ2) is 9.88. The molecule has 3 N–H and O–H groups in total. The van der Waals surface area contributed by atoms with E-state index in [1.54, 1.807) is 6.92 Å². The lowest BCUT2D eigenvalue weighted by Gasteiger charge is -2.32. The average molecular weight is 500 g/mol. The van der Waals surface area contributed by atoms with Gasteiger partial charge in [0.25, 0.3) is 5.91 Å². The van der Waals surface area contributed by atoms with Crippen LogP contribution in [0.15, 0.2) is 54.2 Å². The Morgan fingerprint density at radius 2 is 1.88 bits per heavy atom. The molecule has 0 saturated heterocycles. The summed E-state index contributed by atoms with van der Waals surface area (Å²) < 4.78 is 34.4. The fraction of sp³-hybridized carbons (Fsp3) is 0.200. The fourth-order valence-electron chi connectivity index (χ4n) is 3.07. The molecule has 1 atom stereocenters. The van der Waals surface area contributed by atoms with E-state index in [2.05, 4.69) is 4.72 Å². The molecule has 0 fully saturated rings. The molecule has 1 aliphatic heterocycles. The van der Waals surface area contributed by atoms with Gasteiger partial charge >= 0.3 is 16.2 Å². The van der Waals surface area contributed by atoms with Crippen molar-refractivity contribution in [2.75, 3.05) is 6.61 Å². The summed E-state index contributed by atoms with van der Waals surface area (Å²) in [5.74, 6) is -1.40. The molecule has 0 bridgehead atoms. The number of carbonyl (C=O) groups excluding carboxylic acids is 2. The fourth-order valence-corrected chi connectivity index (χ4v) is 4.84. The Morgan fingerprint density at radius 1 is 1.19 bits per heavy atom. The van der Waals surface area contributed by atoms with Crippen molar-refractivity contribution in [3.8, 4) is 0 Å². The van der Waals surface area contributed by atoms with Crippen molar-refractivity contribution >= 4 is 45.3 Å². The van der Waals surface area contributed by atoms with Gasteiger partial charge in [-0.1, -0.05) is 41.4 Å². The van der Waals surface area contributed by atoms with Crippen LogP contribution in [0.2, 0.25) is 10.0 Å². The van der Waals surface area contributed by atoms with E-state index in [9.17, 15) is 18.0 Å². The predicted molar refractivity (Wildman–Crippen MR) is 117 cm³/mol. The van der Waals surface area contributed by atoms with Crippen LogP contribution in [0.3, 0.4) is 0 Å². The SMILES string of the molecule is CCOC(=O)C1=CN(Cc2ccc(C(=O)NO)cc2)S(=O)(=O)NC1c1ccc(Cl)cc1Cl. The summed E-state index contributed by atoms with van der Waals surface area (Å²) >= 11 is 12.2. The van der Waals surface area contributed by atoms with Crippen molar-refractivity contribution < 1.29 is 28.0 Å². The number of nitrogens with zero attached hydrogens (tertiary/aromatic N) is 1. The predicted octanol–water partition coefficient (Wildman–Crippen LogP) is 2.95. The number of amides is 1. The van der Waals surface area contributed by atoms with Crippen LogP contribution in [0.1, 0.15) is 34.5 Å². The first kappa shape index (κ1) is 24.0. The van der Waals surface area contributed by atoms with E-state index in [-0.39, 0.29) is 29.3 Å². The highest BCUT2D eigenvalue weighted by atomic mass is 35.5. The summed E-state index contributed by atoms with van der Waals surface area (Å²) in [4.78, 5) is 24.1. The second-order valence-electron chi connectivity index (χ2n) is 6.71. The van der Waals surface area contributed by atoms with Crippen molar-refractivity contribution in [3.05, 3.63) is 81.0 Å². The molecule has 3 rings (SSSR count). The molecule has 0 saturated carbocycles. The molecule has 32 heavy (non-hydrogen) atoms. The number of hydrogen-bond acceptors (Lipinski definition) is 6. The highest BCUT2D eigenvalue weighted by molar-refractivity contribution is 7.87. The third kappa shape index (κ3) is 5.22. The summed E-state index contributed by atoms with van der Waals surface area (Å²) in [6.07, 6.45) is 1.20. The number of ether oxygens (including phenoxy) is 1. The zero-order valence-electron chi connectivity index (χ0n) is 16.7. The summed E-state index contributed by atoms with van der Waals surface area (Å²) in [5, 5.41) is 9.25. The van der Waals surface area contributed by atoms with Crippen LogP contribution in [0.5, 0.6) is 0 Å². The van der Waals surface area contributed by atoms with Gasteiger partial charge < -0.3 is 4.74 Å². The molecule has 12 heteroatoms. The number of esters is 1. The van der Waals surface area contributed by atoms with E-state index in [0.29, 0.717) is 16.1 Å². The van der Waals surface area contributed by atoms with Gasteiger partial charge in [-0.25, -0.2) is 10.3 Å². The topological polar surface area (TPSA) is 125 Å². The van der Waals surface area contributed by atoms with Crippen LogP contribution < -0.4 is 10.2 Å². The van der Waals surface area contributed by atoms with Crippen molar-refractivity contribution in [1.82, 2.24) is 14.5 Å². The van der Waals surface area contributed by atoms with E-state index in [4.69, 9.17) is 33.1 Å². The van der Waals surface area contributed by atoms with Gasteiger partial charge in [0.2, 0.25) is 0 Å². The minimum absolute atomic E-state index is 0.0437. The lowest BCUT2D eigenvalue weighted by atomic mass is 10.00. The first-order chi connectivity index (χ1) is 15.2. The summed E-state index contributed by atoms with van der Waals surface area (Å²) in [6.45, 7) is 1.61. The number of benzene rings is 2. The quantitative estimate of drug-likeness (QED) is 0.318. The molecule has 1 amide bonds. The minimum atomic E-state index is -4.07. The van der Waals surface area contributed by atoms with Gasteiger partial charge in [-0.05, 0) is 42.3 Å². The largest absolute Gasteiger partial charge is 0.463 e. The molecular weight excluding hydrogens is 481 g/mol.